The quantitative estimate of drug-likeness (QED) is 0.666. The average molecular weight is 406 g/mol. The molecule has 0 fully saturated rings. The molecule has 1 N–H and O–H groups in total. The standard InChI is InChI=1S/C17H18N4O6S/c1-10(18-15-12-6-4-5-7-13(12)28(25,26)19-15)16(23)27-9-11-8-14(22)21(3)17(24)20(11)2/h4-8,10H,9H2,1-3H3,(H,18,19)/t10-/m1/s1. The molecular weight excluding hydrogens is 388 g/mol. The van der Waals surface area contributed by atoms with Gasteiger partial charge in [0.15, 0.2) is 0 Å². The summed E-state index contributed by atoms with van der Waals surface area (Å²) in [4.78, 5) is 40.1. The van der Waals surface area contributed by atoms with Gasteiger partial charge in [-0.05, 0) is 19.1 Å². The lowest BCUT2D eigenvalue weighted by Gasteiger charge is -2.12. The Balaban J connectivity index is 1.78. The van der Waals surface area contributed by atoms with Crippen molar-refractivity contribution in [1.82, 2.24) is 13.9 Å². The molecule has 0 bridgehead atoms. The van der Waals surface area contributed by atoms with Crippen molar-refractivity contribution in [1.29, 1.82) is 0 Å². The van der Waals surface area contributed by atoms with Crippen LogP contribution in [0.2, 0.25) is 0 Å². The van der Waals surface area contributed by atoms with E-state index in [4.69, 9.17) is 4.74 Å². The van der Waals surface area contributed by atoms with Gasteiger partial charge in [-0.3, -0.25) is 23.6 Å². The molecule has 1 atom stereocenters. The fourth-order valence-electron chi connectivity index (χ4n) is 2.66. The fraction of sp³-hybridized carbons (Fsp3) is 0.294. The highest BCUT2D eigenvalue weighted by Crippen LogP contribution is 2.22. The van der Waals surface area contributed by atoms with Crippen molar-refractivity contribution in [3.63, 3.8) is 0 Å². The van der Waals surface area contributed by atoms with E-state index in [1.54, 1.807) is 18.2 Å². The van der Waals surface area contributed by atoms with Crippen molar-refractivity contribution in [2.24, 2.45) is 19.1 Å². The molecule has 28 heavy (non-hydrogen) atoms. The first-order valence-corrected chi connectivity index (χ1v) is 9.72. The molecule has 11 heteroatoms. The zero-order valence-electron chi connectivity index (χ0n) is 15.4. The molecule has 0 saturated heterocycles. The predicted octanol–water partition coefficient (Wildman–Crippen LogP) is -0.746. The Kier molecular flexibility index (Phi) is 4.94. The molecule has 0 saturated carbocycles. The van der Waals surface area contributed by atoms with Gasteiger partial charge in [-0.1, -0.05) is 12.1 Å². The normalized spacial score (nSPS) is 17.0. The van der Waals surface area contributed by atoms with Crippen LogP contribution >= 0.6 is 0 Å². The summed E-state index contributed by atoms with van der Waals surface area (Å²) >= 11 is 0. The number of esters is 1. The lowest BCUT2D eigenvalue weighted by Crippen LogP contribution is -2.38. The van der Waals surface area contributed by atoms with Crippen molar-refractivity contribution in [2.75, 3.05) is 0 Å². The minimum absolute atomic E-state index is 0.0565. The van der Waals surface area contributed by atoms with E-state index in [1.165, 1.54) is 37.7 Å². The second-order valence-electron chi connectivity index (χ2n) is 6.24. The molecule has 0 amide bonds. The van der Waals surface area contributed by atoms with Crippen LogP contribution in [0.5, 0.6) is 0 Å². The molecule has 3 rings (SSSR count). The number of rotatable bonds is 4. The number of sulfonamides is 1. The molecule has 148 valence electrons. The summed E-state index contributed by atoms with van der Waals surface area (Å²) in [6.07, 6.45) is 0. The van der Waals surface area contributed by atoms with Gasteiger partial charge in [0.05, 0.1) is 10.6 Å². The van der Waals surface area contributed by atoms with Crippen LogP contribution in [0, 0.1) is 0 Å². The number of nitrogens with zero attached hydrogens (tertiary/aromatic N) is 3. The number of aliphatic imine (C=N–C) groups is 1. The number of carbonyl (C=O) groups excluding carboxylic acids is 1. The van der Waals surface area contributed by atoms with E-state index in [9.17, 15) is 22.8 Å². The van der Waals surface area contributed by atoms with E-state index in [2.05, 4.69) is 9.71 Å². The van der Waals surface area contributed by atoms with Crippen LogP contribution in [-0.4, -0.2) is 35.4 Å². The zero-order valence-corrected chi connectivity index (χ0v) is 16.2. The molecule has 0 spiro atoms. The number of ether oxygens (including phenoxy) is 1. The summed E-state index contributed by atoms with van der Waals surface area (Å²) < 4.78 is 33.7. The van der Waals surface area contributed by atoms with E-state index in [0.717, 1.165) is 4.57 Å². The van der Waals surface area contributed by atoms with Gasteiger partial charge in [0.2, 0.25) is 0 Å². The third kappa shape index (κ3) is 3.48. The summed E-state index contributed by atoms with van der Waals surface area (Å²) in [6.45, 7) is 1.16. The topological polar surface area (TPSA) is 129 Å². The second kappa shape index (κ2) is 7.08. The third-order valence-electron chi connectivity index (χ3n) is 4.31. The summed E-state index contributed by atoms with van der Waals surface area (Å²) in [7, 11) is -0.905. The number of nitrogens with one attached hydrogen (secondary N) is 1. The number of hydrogen-bond donors (Lipinski definition) is 1. The second-order valence-corrected chi connectivity index (χ2v) is 7.89. The Morgan fingerprint density at radius 2 is 1.89 bits per heavy atom. The number of aromatic nitrogens is 2. The van der Waals surface area contributed by atoms with E-state index < -0.39 is 33.3 Å². The Labute approximate surface area is 160 Å². The van der Waals surface area contributed by atoms with E-state index in [-0.39, 0.29) is 23.0 Å². The monoisotopic (exact) mass is 406 g/mol. The summed E-state index contributed by atoms with van der Waals surface area (Å²) in [6, 6.07) is 6.47. The van der Waals surface area contributed by atoms with Crippen LogP contribution in [-0.2, 0) is 40.3 Å². The van der Waals surface area contributed by atoms with Crippen molar-refractivity contribution >= 4 is 21.8 Å². The van der Waals surface area contributed by atoms with Gasteiger partial charge < -0.3 is 4.74 Å². The number of benzene rings is 1. The zero-order chi connectivity index (χ0) is 20.6. The minimum Gasteiger partial charge on any atom is -0.458 e. The largest absolute Gasteiger partial charge is 0.458 e. The highest BCUT2D eigenvalue weighted by molar-refractivity contribution is 7.90. The van der Waals surface area contributed by atoms with E-state index in [1.807, 2.05) is 0 Å². The van der Waals surface area contributed by atoms with Crippen LogP contribution in [0.25, 0.3) is 0 Å². The number of fused-ring (bicyclic) bond motifs is 1. The van der Waals surface area contributed by atoms with Crippen LogP contribution in [0.1, 0.15) is 18.2 Å². The Bertz CT molecular complexity index is 1210. The average Bonchev–Trinajstić information content (AvgIpc) is 2.92. The van der Waals surface area contributed by atoms with Gasteiger partial charge in [0, 0.05) is 25.7 Å². The molecule has 0 unspecified atom stereocenters. The van der Waals surface area contributed by atoms with E-state index in [0.29, 0.717) is 5.56 Å². The van der Waals surface area contributed by atoms with Gasteiger partial charge >= 0.3 is 11.7 Å². The molecule has 0 aliphatic carbocycles. The van der Waals surface area contributed by atoms with Crippen LogP contribution in [0.4, 0.5) is 0 Å². The smallest absolute Gasteiger partial charge is 0.331 e. The van der Waals surface area contributed by atoms with E-state index >= 15 is 0 Å². The Hall–Kier alpha value is -3.21. The number of hydrogen-bond acceptors (Lipinski definition) is 7. The van der Waals surface area contributed by atoms with Crippen molar-refractivity contribution in [2.45, 2.75) is 24.5 Å². The van der Waals surface area contributed by atoms with Gasteiger partial charge in [-0.15, -0.1) is 0 Å². The van der Waals surface area contributed by atoms with Crippen molar-refractivity contribution in [3.8, 4) is 0 Å². The van der Waals surface area contributed by atoms with Gasteiger partial charge in [-0.2, -0.15) is 0 Å². The summed E-state index contributed by atoms with van der Waals surface area (Å²) in [5, 5.41) is 0. The maximum absolute atomic E-state index is 12.2. The first-order chi connectivity index (χ1) is 13.1. The summed E-state index contributed by atoms with van der Waals surface area (Å²) in [5.74, 6) is -0.676. The lowest BCUT2D eigenvalue weighted by atomic mass is 10.2. The Morgan fingerprint density at radius 1 is 1.21 bits per heavy atom. The highest BCUT2D eigenvalue weighted by atomic mass is 32.2. The molecule has 1 aromatic carbocycles. The van der Waals surface area contributed by atoms with Gasteiger partial charge in [-0.25, -0.2) is 18.0 Å². The van der Waals surface area contributed by atoms with Crippen molar-refractivity contribution in [3.05, 3.63) is 62.4 Å². The maximum atomic E-state index is 12.2. The molecule has 2 heterocycles. The molecule has 2 aromatic rings. The lowest BCUT2D eigenvalue weighted by molar-refractivity contribution is -0.146. The van der Waals surface area contributed by atoms with Gasteiger partial charge in [0.1, 0.15) is 18.5 Å². The van der Waals surface area contributed by atoms with Crippen molar-refractivity contribution < 1.29 is 17.9 Å². The number of amidine groups is 1. The van der Waals surface area contributed by atoms with Crippen LogP contribution in [0.3, 0.4) is 0 Å². The molecule has 10 nitrogen and oxygen atoms in total. The number of carbonyl (C=O) groups is 1. The SMILES string of the molecule is C[C@@H](N=C1NS(=O)(=O)c2ccccc21)C(=O)OCc1cc(=O)n(C)c(=O)n1C. The first-order valence-electron chi connectivity index (χ1n) is 8.24. The minimum atomic E-state index is -3.71. The Morgan fingerprint density at radius 3 is 2.61 bits per heavy atom. The molecule has 1 aliphatic heterocycles. The highest BCUT2D eigenvalue weighted by Gasteiger charge is 2.31. The summed E-state index contributed by atoms with van der Waals surface area (Å²) in [5.41, 5.74) is -0.451. The molecular formula is C17H18N4O6S. The van der Waals surface area contributed by atoms with Crippen LogP contribution in [0.15, 0.2) is 49.8 Å². The fourth-order valence-corrected chi connectivity index (χ4v) is 3.90. The van der Waals surface area contributed by atoms with Crippen LogP contribution < -0.4 is 16.0 Å². The predicted molar refractivity (Wildman–Crippen MR) is 99.5 cm³/mol. The molecule has 0 radical (unpaired) electrons. The third-order valence-corrected chi connectivity index (χ3v) is 5.71. The van der Waals surface area contributed by atoms with Gasteiger partial charge in [0.25, 0.3) is 15.6 Å². The first kappa shape index (κ1) is 19.5. The maximum Gasteiger partial charge on any atom is 0.331 e. The molecule has 1 aliphatic rings. The molecule has 1 aromatic heterocycles.